The lowest BCUT2D eigenvalue weighted by Gasteiger charge is -2.16. The van der Waals surface area contributed by atoms with E-state index in [9.17, 15) is 24.1 Å². The Labute approximate surface area is 192 Å². The number of ether oxygens (including phenoxy) is 2. The second kappa shape index (κ2) is 13.1. The van der Waals surface area contributed by atoms with Crippen molar-refractivity contribution in [3.63, 3.8) is 0 Å². The van der Waals surface area contributed by atoms with E-state index in [0.29, 0.717) is 12.2 Å². The van der Waals surface area contributed by atoms with Crippen molar-refractivity contribution in [2.24, 2.45) is 5.92 Å². The Hall–Kier alpha value is -3.49. The molecule has 2 aromatic rings. The second-order valence-corrected chi connectivity index (χ2v) is 7.68. The summed E-state index contributed by atoms with van der Waals surface area (Å²) in [6.07, 6.45) is 3.89. The van der Waals surface area contributed by atoms with Gasteiger partial charge in [-0.1, -0.05) is 45.2 Å². The highest BCUT2D eigenvalue weighted by atomic mass is 19.1. The van der Waals surface area contributed by atoms with Crippen molar-refractivity contribution < 1.29 is 28.4 Å². The molecule has 0 aliphatic rings. The van der Waals surface area contributed by atoms with Gasteiger partial charge in [-0.2, -0.15) is 0 Å². The third kappa shape index (κ3) is 8.88. The summed E-state index contributed by atoms with van der Waals surface area (Å²) >= 11 is 0. The molecule has 0 saturated heterocycles. The Balaban J connectivity index is 1.95. The summed E-state index contributed by atoms with van der Waals surface area (Å²) in [5, 5.41) is 13.5. The molecular formula is C24H29FN2O6. The summed E-state index contributed by atoms with van der Waals surface area (Å²) in [7, 11) is 0. The molecule has 0 aromatic heterocycles. The molecule has 1 amide bonds. The third-order valence-electron chi connectivity index (χ3n) is 5.07. The van der Waals surface area contributed by atoms with Crippen molar-refractivity contribution in [3.05, 3.63) is 64.0 Å². The largest absolute Gasteiger partial charge is 0.480 e. The number of anilines is 1. The molecule has 0 aliphatic carbocycles. The number of nitro benzene ring substituents is 1. The van der Waals surface area contributed by atoms with Crippen LogP contribution in [0.2, 0.25) is 0 Å². The molecule has 178 valence electrons. The molecular weight excluding hydrogens is 431 g/mol. The molecule has 8 nitrogen and oxygen atoms in total. The van der Waals surface area contributed by atoms with Gasteiger partial charge in [0.25, 0.3) is 5.69 Å². The van der Waals surface area contributed by atoms with Gasteiger partial charge in [-0.05, 0) is 30.0 Å². The van der Waals surface area contributed by atoms with Gasteiger partial charge in [0.1, 0.15) is 11.6 Å². The first-order valence-electron chi connectivity index (χ1n) is 10.9. The number of esters is 1. The molecule has 0 radical (unpaired) electrons. The predicted octanol–water partition coefficient (Wildman–Crippen LogP) is 5.05. The number of nitrogens with one attached hydrogen (secondary N) is 1. The summed E-state index contributed by atoms with van der Waals surface area (Å²) in [4.78, 5) is 34.8. The monoisotopic (exact) mass is 460 g/mol. The number of carbonyl (C=O) groups excluding carboxylic acids is 2. The SMILES string of the molecule is CCCCC(CC)COC(=O)COc1cc(F)ccc1NC(=O)Cc1cccc([N+](=O)[O-])c1. The number of hydrogen-bond donors (Lipinski definition) is 1. The van der Waals surface area contributed by atoms with Crippen LogP contribution in [-0.2, 0) is 20.7 Å². The molecule has 0 bridgehead atoms. The van der Waals surface area contributed by atoms with Crippen LogP contribution in [0.4, 0.5) is 15.8 Å². The van der Waals surface area contributed by atoms with E-state index in [-0.39, 0.29) is 29.5 Å². The van der Waals surface area contributed by atoms with Gasteiger partial charge in [0.15, 0.2) is 6.61 Å². The van der Waals surface area contributed by atoms with Crippen molar-refractivity contribution in [2.45, 2.75) is 46.0 Å². The van der Waals surface area contributed by atoms with E-state index in [1.54, 1.807) is 6.07 Å². The summed E-state index contributed by atoms with van der Waals surface area (Å²) in [6.45, 7) is 4.02. The van der Waals surface area contributed by atoms with Gasteiger partial charge in [0, 0.05) is 18.2 Å². The molecule has 1 N–H and O–H groups in total. The highest BCUT2D eigenvalue weighted by Crippen LogP contribution is 2.26. The zero-order valence-corrected chi connectivity index (χ0v) is 18.8. The van der Waals surface area contributed by atoms with Gasteiger partial charge in [0.2, 0.25) is 5.91 Å². The number of benzene rings is 2. The summed E-state index contributed by atoms with van der Waals surface area (Å²) in [6, 6.07) is 9.25. The summed E-state index contributed by atoms with van der Waals surface area (Å²) in [5.41, 5.74) is 0.502. The smallest absolute Gasteiger partial charge is 0.344 e. The Morgan fingerprint density at radius 1 is 1.18 bits per heavy atom. The minimum atomic E-state index is -0.597. The van der Waals surface area contributed by atoms with Crippen LogP contribution >= 0.6 is 0 Å². The van der Waals surface area contributed by atoms with E-state index < -0.39 is 29.2 Å². The van der Waals surface area contributed by atoms with Crippen molar-refractivity contribution in [3.8, 4) is 5.75 Å². The molecule has 1 atom stereocenters. The fraction of sp³-hybridized carbons (Fsp3) is 0.417. The first-order valence-corrected chi connectivity index (χ1v) is 10.9. The van der Waals surface area contributed by atoms with Crippen LogP contribution in [0.3, 0.4) is 0 Å². The summed E-state index contributed by atoms with van der Waals surface area (Å²) < 4.78 is 24.4. The quantitative estimate of drug-likeness (QED) is 0.254. The number of halogens is 1. The van der Waals surface area contributed by atoms with Crippen molar-refractivity contribution in [2.75, 3.05) is 18.5 Å². The zero-order chi connectivity index (χ0) is 24.2. The van der Waals surface area contributed by atoms with Crippen LogP contribution in [0.1, 0.15) is 45.1 Å². The first kappa shape index (κ1) is 25.8. The highest BCUT2D eigenvalue weighted by molar-refractivity contribution is 5.93. The van der Waals surface area contributed by atoms with E-state index >= 15 is 0 Å². The standard InChI is InChI=1S/C24H29FN2O6/c1-3-5-7-17(4-2)15-33-24(29)16-32-22-14-19(25)10-11-21(22)26-23(28)13-18-8-6-9-20(12-18)27(30)31/h6,8-12,14,17H,3-5,7,13,15-16H2,1-2H3,(H,26,28). The van der Waals surface area contributed by atoms with Gasteiger partial charge in [-0.3, -0.25) is 14.9 Å². The maximum absolute atomic E-state index is 13.7. The predicted molar refractivity (Wildman–Crippen MR) is 122 cm³/mol. The van der Waals surface area contributed by atoms with Gasteiger partial charge >= 0.3 is 5.97 Å². The third-order valence-corrected chi connectivity index (χ3v) is 5.07. The molecule has 0 spiro atoms. The topological polar surface area (TPSA) is 108 Å². The second-order valence-electron chi connectivity index (χ2n) is 7.68. The Morgan fingerprint density at radius 2 is 1.97 bits per heavy atom. The molecule has 0 heterocycles. The lowest BCUT2D eigenvalue weighted by Crippen LogP contribution is -2.20. The van der Waals surface area contributed by atoms with E-state index in [4.69, 9.17) is 9.47 Å². The number of nitrogens with zero attached hydrogens (tertiary/aromatic N) is 1. The Bertz CT molecular complexity index is 966. The van der Waals surface area contributed by atoms with Crippen LogP contribution in [0.5, 0.6) is 5.75 Å². The van der Waals surface area contributed by atoms with E-state index in [1.807, 2.05) is 6.92 Å². The van der Waals surface area contributed by atoms with Crippen molar-refractivity contribution in [1.82, 2.24) is 0 Å². The minimum Gasteiger partial charge on any atom is -0.480 e. The lowest BCUT2D eigenvalue weighted by atomic mass is 10.0. The van der Waals surface area contributed by atoms with Gasteiger partial charge in [-0.15, -0.1) is 0 Å². The molecule has 2 rings (SSSR count). The fourth-order valence-corrected chi connectivity index (χ4v) is 3.17. The van der Waals surface area contributed by atoms with E-state index in [0.717, 1.165) is 37.8 Å². The van der Waals surface area contributed by atoms with Crippen LogP contribution < -0.4 is 10.1 Å². The van der Waals surface area contributed by atoms with Gasteiger partial charge < -0.3 is 14.8 Å². The van der Waals surface area contributed by atoms with Crippen LogP contribution in [-0.4, -0.2) is 30.0 Å². The van der Waals surface area contributed by atoms with E-state index in [1.165, 1.54) is 24.3 Å². The van der Waals surface area contributed by atoms with Crippen LogP contribution in [0.15, 0.2) is 42.5 Å². The number of hydrogen-bond acceptors (Lipinski definition) is 6. The average Bonchev–Trinajstić information content (AvgIpc) is 2.79. The minimum absolute atomic E-state index is 0.0163. The number of amides is 1. The van der Waals surface area contributed by atoms with Crippen molar-refractivity contribution in [1.29, 1.82) is 0 Å². The number of non-ortho nitro benzene ring substituents is 1. The number of carbonyl (C=O) groups is 2. The number of rotatable bonds is 13. The van der Waals surface area contributed by atoms with Crippen molar-refractivity contribution >= 4 is 23.3 Å². The summed E-state index contributed by atoms with van der Waals surface area (Å²) in [5.74, 6) is -1.39. The maximum atomic E-state index is 13.7. The lowest BCUT2D eigenvalue weighted by molar-refractivity contribution is -0.384. The van der Waals surface area contributed by atoms with Gasteiger partial charge in [-0.25, -0.2) is 9.18 Å². The Morgan fingerprint density at radius 3 is 2.67 bits per heavy atom. The average molecular weight is 461 g/mol. The molecule has 33 heavy (non-hydrogen) atoms. The molecule has 9 heteroatoms. The highest BCUT2D eigenvalue weighted by Gasteiger charge is 2.15. The molecule has 1 unspecified atom stereocenters. The van der Waals surface area contributed by atoms with Gasteiger partial charge in [0.05, 0.1) is 23.6 Å². The normalized spacial score (nSPS) is 11.5. The molecule has 0 aliphatic heterocycles. The number of unbranched alkanes of at least 4 members (excludes halogenated alkanes) is 1. The van der Waals surface area contributed by atoms with E-state index in [2.05, 4.69) is 12.2 Å². The van der Waals surface area contributed by atoms with Crippen LogP contribution in [0, 0.1) is 21.8 Å². The molecule has 2 aromatic carbocycles. The molecule has 0 fully saturated rings. The Kier molecular flexibility index (Phi) is 10.3. The number of nitro groups is 1. The first-order chi connectivity index (χ1) is 15.8. The molecule has 0 saturated carbocycles. The zero-order valence-electron chi connectivity index (χ0n) is 18.8. The van der Waals surface area contributed by atoms with Crippen LogP contribution in [0.25, 0.3) is 0 Å². The fourth-order valence-electron chi connectivity index (χ4n) is 3.17. The maximum Gasteiger partial charge on any atom is 0.344 e.